The van der Waals surface area contributed by atoms with E-state index in [-0.39, 0.29) is 40.6 Å². The summed E-state index contributed by atoms with van der Waals surface area (Å²) in [5.41, 5.74) is 0.457. The highest BCUT2D eigenvalue weighted by molar-refractivity contribution is 5.91. The van der Waals surface area contributed by atoms with E-state index in [0.29, 0.717) is 75.5 Å². The summed E-state index contributed by atoms with van der Waals surface area (Å²) in [6.07, 6.45) is -0.210. The number of hydrogen-bond acceptors (Lipinski definition) is 7. The van der Waals surface area contributed by atoms with Crippen LogP contribution in [0.15, 0.2) is 29.1 Å². The predicted octanol–water partition coefficient (Wildman–Crippen LogP) is 4.78. The number of anilines is 1. The third kappa shape index (κ3) is 6.26. The van der Waals surface area contributed by atoms with Crippen LogP contribution < -0.4 is 10.9 Å². The predicted molar refractivity (Wildman–Crippen MR) is 162 cm³/mol. The maximum atomic E-state index is 14.0. The quantitative estimate of drug-likeness (QED) is 0.435. The molecular weight excluding hydrogens is 605 g/mol. The van der Waals surface area contributed by atoms with E-state index in [9.17, 15) is 27.6 Å². The van der Waals surface area contributed by atoms with Crippen molar-refractivity contribution < 1.29 is 32.2 Å². The summed E-state index contributed by atoms with van der Waals surface area (Å²) in [7, 11) is 0. The minimum absolute atomic E-state index is 0.211. The van der Waals surface area contributed by atoms with Crippen LogP contribution in [0.3, 0.4) is 0 Å². The lowest BCUT2D eigenvalue weighted by atomic mass is 9.72. The normalized spacial score (nSPS) is 20.2. The zero-order valence-corrected chi connectivity index (χ0v) is 26.3. The number of amides is 2. The highest BCUT2D eigenvalue weighted by atomic mass is 19.4. The maximum Gasteiger partial charge on any atom is 0.416 e. The van der Waals surface area contributed by atoms with Gasteiger partial charge in [-0.05, 0) is 94.5 Å². The molecule has 0 bridgehead atoms. The summed E-state index contributed by atoms with van der Waals surface area (Å²) >= 11 is 0. The summed E-state index contributed by atoms with van der Waals surface area (Å²) < 4.78 is 53.5. The van der Waals surface area contributed by atoms with E-state index < -0.39 is 23.2 Å². The van der Waals surface area contributed by atoms with Gasteiger partial charge in [-0.3, -0.25) is 9.59 Å². The number of likely N-dealkylation sites (tertiary alicyclic amines) is 1. The molecule has 0 saturated carbocycles. The molecule has 1 unspecified atom stereocenters. The van der Waals surface area contributed by atoms with E-state index in [2.05, 4.69) is 10.4 Å². The minimum atomic E-state index is -4.50. The third-order valence-corrected chi connectivity index (χ3v) is 8.87. The van der Waals surface area contributed by atoms with Gasteiger partial charge in [0.25, 0.3) is 5.56 Å². The largest absolute Gasteiger partial charge is 0.444 e. The topological polar surface area (TPSA) is 120 Å². The van der Waals surface area contributed by atoms with Gasteiger partial charge in [-0.2, -0.15) is 22.7 Å². The SMILES string of the molecule is Cc1cc(C(F)(F)F)ccc1NC(=O)Cn1c2c(c(=O)n3nc(C4=CCOCC4)nc13)CC1(CC2)CCN(C(=O)OC(C)(C)C)C1. The molecule has 11 nitrogen and oxygen atoms in total. The average Bonchev–Trinajstić information content (AvgIpc) is 3.61. The molecule has 1 aromatic carbocycles. The summed E-state index contributed by atoms with van der Waals surface area (Å²) in [5, 5.41) is 7.30. The molecule has 14 heteroatoms. The Morgan fingerprint density at radius 1 is 1.15 bits per heavy atom. The Balaban J connectivity index is 1.34. The molecule has 1 atom stereocenters. The van der Waals surface area contributed by atoms with Gasteiger partial charge in [0.1, 0.15) is 12.1 Å². The van der Waals surface area contributed by atoms with Gasteiger partial charge in [-0.1, -0.05) is 6.08 Å². The van der Waals surface area contributed by atoms with E-state index in [4.69, 9.17) is 14.5 Å². The Hall–Kier alpha value is -4.20. The van der Waals surface area contributed by atoms with E-state index in [0.717, 1.165) is 17.7 Å². The van der Waals surface area contributed by atoms with Gasteiger partial charge in [0.15, 0.2) is 5.82 Å². The van der Waals surface area contributed by atoms with Crippen molar-refractivity contribution in [3.63, 3.8) is 0 Å². The zero-order chi connectivity index (χ0) is 33.0. The van der Waals surface area contributed by atoms with Crippen molar-refractivity contribution in [1.82, 2.24) is 24.1 Å². The van der Waals surface area contributed by atoms with E-state index in [1.807, 2.05) is 26.8 Å². The number of halogens is 3. The van der Waals surface area contributed by atoms with Gasteiger partial charge in [0.2, 0.25) is 11.7 Å². The van der Waals surface area contributed by atoms with E-state index in [1.54, 1.807) is 9.47 Å². The van der Waals surface area contributed by atoms with Gasteiger partial charge in [0, 0.05) is 30.0 Å². The molecule has 246 valence electrons. The fourth-order valence-electron chi connectivity index (χ4n) is 6.57. The Labute approximate surface area is 263 Å². The number of benzene rings is 1. The second-order valence-electron chi connectivity index (χ2n) is 13.4. The molecule has 1 fully saturated rings. The summed E-state index contributed by atoms with van der Waals surface area (Å²) in [6, 6.07) is 3.15. The van der Waals surface area contributed by atoms with Crippen molar-refractivity contribution in [2.24, 2.45) is 5.41 Å². The summed E-state index contributed by atoms with van der Waals surface area (Å²) in [6.45, 7) is 8.58. The van der Waals surface area contributed by atoms with Crippen LogP contribution >= 0.6 is 0 Å². The van der Waals surface area contributed by atoms with Crippen LogP contribution in [0.5, 0.6) is 0 Å². The molecule has 2 amide bonds. The van der Waals surface area contributed by atoms with E-state index in [1.165, 1.54) is 17.5 Å². The van der Waals surface area contributed by atoms with Gasteiger partial charge in [0.05, 0.1) is 18.8 Å². The first kappa shape index (κ1) is 31.8. The van der Waals surface area contributed by atoms with Crippen LogP contribution in [0, 0.1) is 12.3 Å². The molecule has 1 N–H and O–H groups in total. The molecule has 6 rings (SSSR count). The molecular formula is C32H37F3N6O5. The molecule has 2 aliphatic heterocycles. The fraction of sp³-hybridized carbons (Fsp3) is 0.531. The smallest absolute Gasteiger partial charge is 0.416 e. The molecule has 0 radical (unpaired) electrons. The highest BCUT2D eigenvalue weighted by Crippen LogP contribution is 2.42. The van der Waals surface area contributed by atoms with Crippen LogP contribution in [0.2, 0.25) is 0 Å². The Kier molecular flexibility index (Phi) is 7.98. The van der Waals surface area contributed by atoms with Gasteiger partial charge in [-0.15, -0.1) is 5.10 Å². The van der Waals surface area contributed by atoms with Crippen molar-refractivity contribution in [2.75, 3.05) is 31.6 Å². The van der Waals surface area contributed by atoms with Crippen LogP contribution in [0.1, 0.15) is 68.2 Å². The van der Waals surface area contributed by atoms with Crippen molar-refractivity contribution in [2.45, 2.75) is 78.1 Å². The number of carbonyl (C=O) groups excluding carboxylic acids is 2. The number of aromatic nitrogens is 4. The number of rotatable bonds is 4. The van der Waals surface area contributed by atoms with Crippen molar-refractivity contribution in [3.8, 4) is 0 Å². The lowest BCUT2D eigenvalue weighted by Crippen LogP contribution is -2.41. The van der Waals surface area contributed by atoms with Gasteiger partial charge >= 0.3 is 12.3 Å². The van der Waals surface area contributed by atoms with Gasteiger partial charge in [-0.25, -0.2) is 4.79 Å². The van der Waals surface area contributed by atoms with Crippen LogP contribution in [0.4, 0.5) is 23.7 Å². The van der Waals surface area contributed by atoms with Crippen LogP contribution in [0.25, 0.3) is 11.4 Å². The highest BCUT2D eigenvalue weighted by Gasteiger charge is 2.45. The van der Waals surface area contributed by atoms with Crippen molar-refractivity contribution in [1.29, 1.82) is 0 Å². The van der Waals surface area contributed by atoms with Crippen molar-refractivity contribution >= 4 is 29.0 Å². The molecule has 1 aliphatic carbocycles. The Morgan fingerprint density at radius 2 is 1.93 bits per heavy atom. The van der Waals surface area contributed by atoms with Crippen LogP contribution in [-0.2, 0) is 39.8 Å². The Bertz CT molecular complexity index is 1800. The molecule has 3 aliphatic rings. The molecule has 3 aromatic rings. The number of alkyl halides is 3. The van der Waals surface area contributed by atoms with Gasteiger partial charge < -0.3 is 24.3 Å². The number of fused-ring (bicyclic) bond motifs is 2. The molecule has 46 heavy (non-hydrogen) atoms. The number of ether oxygens (including phenoxy) is 2. The fourth-order valence-corrected chi connectivity index (χ4v) is 6.57. The van der Waals surface area contributed by atoms with Crippen LogP contribution in [-0.4, -0.2) is 68.0 Å². The number of carbonyl (C=O) groups is 2. The lowest BCUT2D eigenvalue weighted by Gasteiger charge is -2.35. The summed E-state index contributed by atoms with van der Waals surface area (Å²) in [4.78, 5) is 46.7. The van der Waals surface area contributed by atoms with Crippen molar-refractivity contribution in [3.05, 3.63) is 62.8 Å². The van der Waals surface area contributed by atoms with E-state index >= 15 is 0 Å². The maximum absolute atomic E-state index is 14.0. The molecule has 4 heterocycles. The number of nitrogens with zero attached hydrogens (tertiary/aromatic N) is 5. The number of nitrogens with one attached hydrogen (secondary N) is 1. The first-order chi connectivity index (χ1) is 21.6. The summed E-state index contributed by atoms with van der Waals surface area (Å²) in [5.74, 6) is 0.105. The molecule has 2 aromatic heterocycles. The average molecular weight is 643 g/mol. The Morgan fingerprint density at radius 3 is 2.61 bits per heavy atom. The first-order valence-corrected chi connectivity index (χ1v) is 15.4. The second kappa shape index (κ2) is 11.6. The first-order valence-electron chi connectivity index (χ1n) is 15.4. The number of hydrogen-bond donors (Lipinski definition) is 1. The molecule has 1 saturated heterocycles. The minimum Gasteiger partial charge on any atom is -0.444 e. The number of aryl methyl sites for hydroxylation is 1. The monoisotopic (exact) mass is 642 g/mol. The standard InChI is InChI=1S/C32H37F3N6O5/c1-19-15-21(32(33,34)35)5-6-23(19)36-25(42)17-40-24-7-10-31(11-12-39(18-31)29(44)46-30(2,3)4)16-22(24)27(43)41-28(40)37-26(38-41)20-8-13-45-14-9-20/h5-6,8,15H,7,9-14,16-18H2,1-4H3,(H,36,42). The third-order valence-electron chi connectivity index (χ3n) is 8.87. The lowest BCUT2D eigenvalue weighted by molar-refractivity contribution is -0.137. The second-order valence-corrected chi connectivity index (χ2v) is 13.4. The molecule has 1 spiro atoms. The zero-order valence-electron chi connectivity index (χ0n) is 26.3.